The first-order valence-corrected chi connectivity index (χ1v) is 10.7. The molecular formula is C21H35N5O3+2. The molecule has 0 aliphatic carbocycles. The standard InChI is InChI=1S/C21H33N5O3/c1-3-24-11-13-25(14-12-24)10-4-9-22-21(28)23-17-15-20(27)26(16-17)18-5-7-19(29-2)8-6-18/h5-8,17H,3-4,9-16H2,1-2H3,(H2,22,23,28)/p+2/t17-/m1/s1. The maximum Gasteiger partial charge on any atom is 0.315 e. The number of ether oxygens (including phenoxy) is 1. The van der Waals surface area contributed by atoms with Gasteiger partial charge in [0.15, 0.2) is 0 Å². The number of rotatable bonds is 8. The number of likely N-dealkylation sites (N-methyl/N-ethyl adjacent to an activating group) is 1. The van der Waals surface area contributed by atoms with Crippen LogP contribution in [-0.4, -0.2) is 77.4 Å². The van der Waals surface area contributed by atoms with Crippen molar-refractivity contribution in [3.05, 3.63) is 24.3 Å². The summed E-state index contributed by atoms with van der Waals surface area (Å²) in [6, 6.07) is 7.05. The van der Waals surface area contributed by atoms with Gasteiger partial charge in [-0.1, -0.05) is 0 Å². The summed E-state index contributed by atoms with van der Waals surface area (Å²) in [5.74, 6) is 0.780. The highest BCUT2D eigenvalue weighted by atomic mass is 16.5. The molecule has 29 heavy (non-hydrogen) atoms. The molecule has 0 radical (unpaired) electrons. The zero-order valence-corrected chi connectivity index (χ0v) is 17.6. The molecule has 1 aromatic carbocycles. The van der Waals surface area contributed by atoms with E-state index in [0.717, 1.165) is 24.4 Å². The second kappa shape index (κ2) is 10.5. The van der Waals surface area contributed by atoms with E-state index in [2.05, 4.69) is 17.6 Å². The first-order chi connectivity index (χ1) is 14.1. The Morgan fingerprint density at radius 1 is 1.17 bits per heavy atom. The van der Waals surface area contributed by atoms with E-state index in [9.17, 15) is 9.59 Å². The molecule has 8 heteroatoms. The lowest BCUT2D eigenvalue weighted by molar-refractivity contribution is -1.01. The fourth-order valence-corrected chi connectivity index (χ4v) is 4.15. The molecule has 2 saturated heterocycles. The Bertz CT molecular complexity index is 673. The third-order valence-electron chi connectivity index (χ3n) is 6.00. The maximum atomic E-state index is 12.3. The first kappa shape index (κ1) is 21.4. The van der Waals surface area contributed by atoms with Gasteiger partial charge in [0.05, 0.1) is 26.2 Å². The summed E-state index contributed by atoms with van der Waals surface area (Å²) in [5.41, 5.74) is 0.827. The number of hydrogen-bond acceptors (Lipinski definition) is 3. The van der Waals surface area contributed by atoms with Crippen LogP contribution in [-0.2, 0) is 4.79 Å². The smallest absolute Gasteiger partial charge is 0.315 e. The zero-order valence-electron chi connectivity index (χ0n) is 17.6. The summed E-state index contributed by atoms with van der Waals surface area (Å²) in [6.07, 6.45) is 1.30. The number of piperazine rings is 1. The Hall–Kier alpha value is -2.32. The van der Waals surface area contributed by atoms with Crippen molar-refractivity contribution in [3.63, 3.8) is 0 Å². The van der Waals surface area contributed by atoms with Crippen LogP contribution < -0.4 is 30.1 Å². The van der Waals surface area contributed by atoms with Crippen LogP contribution >= 0.6 is 0 Å². The Morgan fingerprint density at radius 3 is 2.52 bits per heavy atom. The third kappa shape index (κ3) is 6.08. The van der Waals surface area contributed by atoms with Gasteiger partial charge in [-0.2, -0.15) is 0 Å². The predicted octanol–water partition coefficient (Wildman–Crippen LogP) is -1.71. The van der Waals surface area contributed by atoms with Gasteiger partial charge in [0, 0.05) is 31.6 Å². The Labute approximate surface area is 173 Å². The SMILES string of the molecule is CC[NH+]1CC[NH+](CCCNC(=O)N[C@@H]2CC(=O)N(c3ccc(OC)cc3)C2)CC1. The van der Waals surface area contributed by atoms with Gasteiger partial charge in [0.2, 0.25) is 5.91 Å². The number of urea groups is 1. The average molecular weight is 406 g/mol. The van der Waals surface area contributed by atoms with E-state index in [4.69, 9.17) is 4.74 Å². The topological polar surface area (TPSA) is 79.6 Å². The summed E-state index contributed by atoms with van der Waals surface area (Å²) in [7, 11) is 1.61. The minimum atomic E-state index is -0.186. The summed E-state index contributed by atoms with van der Waals surface area (Å²) in [4.78, 5) is 29.6. The van der Waals surface area contributed by atoms with Crippen LogP contribution in [0.2, 0.25) is 0 Å². The van der Waals surface area contributed by atoms with Gasteiger partial charge in [-0.15, -0.1) is 0 Å². The number of amides is 3. The van der Waals surface area contributed by atoms with Crippen molar-refractivity contribution in [1.29, 1.82) is 0 Å². The lowest BCUT2D eigenvalue weighted by Gasteiger charge is -2.29. The molecule has 160 valence electrons. The first-order valence-electron chi connectivity index (χ1n) is 10.7. The fraction of sp³-hybridized carbons (Fsp3) is 0.619. The Kier molecular flexibility index (Phi) is 7.71. The van der Waals surface area contributed by atoms with Gasteiger partial charge in [0.1, 0.15) is 31.9 Å². The van der Waals surface area contributed by atoms with Gasteiger partial charge in [-0.05, 0) is 31.2 Å². The van der Waals surface area contributed by atoms with E-state index in [-0.39, 0.29) is 18.0 Å². The van der Waals surface area contributed by atoms with Crippen molar-refractivity contribution < 1.29 is 24.1 Å². The van der Waals surface area contributed by atoms with Crippen LogP contribution in [0.3, 0.4) is 0 Å². The van der Waals surface area contributed by atoms with E-state index < -0.39 is 0 Å². The molecule has 1 atom stereocenters. The molecule has 0 aromatic heterocycles. The highest BCUT2D eigenvalue weighted by Crippen LogP contribution is 2.24. The molecule has 2 aliphatic rings. The maximum absolute atomic E-state index is 12.3. The molecule has 0 bridgehead atoms. The molecule has 0 saturated carbocycles. The Balaban J connectivity index is 1.34. The number of quaternary nitrogens is 2. The molecule has 1 aromatic rings. The van der Waals surface area contributed by atoms with Gasteiger partial charge < -0.3 is 30.1 Å². The van der Waals surface area contributed by atoms with Crippen molar-refractivity contribution in [1.82, 2.24) is 10.6 Å². The number of nitrogens with zero attached hydrogens (tertiary/aromatic N) is 1. The molecule has 2 aliphatic heterocycles. The predicted molar refractivity (Wildman–Crippen MR) is 112 cm³/mol. The van der Waals surface area contributed by atoms with Crippen molar-refractivity contribution in [3.8, 4) is 5.75 Å². The van der Waals surface area contributed by atoms with Gasteiger partial charge >= 0.3 is 6.03 Å². The number of anilines is 1. The molecule has 2 heterocycles. The number of nitrogens with one attached hydrogen (secondary N) is 4. The summed E-state index contributed by atoms with van der Waals surface area (Å²) in [5, 5.41) is 5.87. The highest BCUT2D eigenvalue weighted by Gasteiger charge is 2.31. The van der Waals surface area contributed by atoms with Crippen LogP contribution in [0.25, 0.3) is 0 Å². The monoisotopic (exact) mass is 405 g/mol. The fourth-order valence-electron chi connectivity index (χ4n) is 4.15. The number of methoxy groups -OCH3 is 1. The van der Waals surface area contributed by atoms with Crippen LogP contribution in [0.15, 0.2) is 24.3 Å². The molecule has 3 rings (SSSR count). The van der Waals surface area contributed by atoms with Crippen molar-refractivity contribution >= 4 is 17.6 Å². The van der Waals surface area contributed by atoms with Crippen LogP contribution in [0.1, 0.15) is 19.8 Å². The van der Waals surface area contributed by atoms with Gasteiger partial charge in [-0.25, -0.2) is 4.79 Å². The molecule has 4 N–H and O–H groups in total. The molecular weight excluding hydrogens is 370 g/mol. The van der Waals surface area contributed by atoms with Crippen molar-refractivity contribution in [2.45, 2.75) is 25.8 Å². The highest BCUT2D eigenvalue weighted by molar-refractivity contribution is 5.96. The van der Waals surface area contributed by atoms with E-state index >= 15 is 0 Å². The van der Waals surface area contributed by atoms with Crippen molar-refractivity contribution in [2.75, 3.05) is 64.4 Å². The molecule has 0 spiro atoms. The lowest BCUT2D eigenvalue weighted by Crippen LogP contribution is -3.28. The molecule has 8 nitrogen and oxygen atoms in total. The summed E-state index contributed by atoms with van der Waals surface area (Å²) in [6.45, 7) is 10.7. The van der Waals surface area contributed by atoms with E-state index in [1.165, 1.54) is 32.7 Å². The second-order valence-corrected chi connectivity index (χ2v) is 7.96. The number of carbonyl (C=O) groups excluding carboxylic acids is 2. The van der Waals surface area contributed by atoms with E-state index in [1.807, 2.05) is 24.3 Å². The number of benzene rings is 1. The molecule has 2 fully saturated rings. The molecule has 3 amide bonds. The van der Waals surface area contributed by atoms with E-state index in [0.29, 0.717) is 19.5 Å². The second-order valence-electron chi connectivity index (χ2n) is 7.96. The number of carbonyl (C=O) groups is 2. The zero-order chi connectivity index (χ0) is 20.6. The van der Waals surface area contributed by atoms with Gasteiger partial charge in [-0.3, -0.25) is 4.79 Å². The minimum absolute atomic E-state index is 0.0254. The van der Waals surface area contributed by atoms with Gasteiger partial charge in [0.25, 0.3) is 0 Å². The quantitative estimate of drug-likeness (QED) is 0.389. The lowest BCUT2D eigenvalue weighted by atomic mass is 10.2. The van der Waals surface area contributed by atoms with Crippen LogP contribution in [0, 0.1) is 0 Å². The Morgan fingerprint density at radius 2 is 1.86 bits per heavy atom. The number of hydrogen-bond donors (Lipinski definition) is 4. The average Bonchev–Trinajstić information content (AvgIpc) is 3.11. The third-order valence-corrected chi connectivity index (χ3v) is 6.00. The summed E-state index contributed by atoms with van der Waals surface area (Å²) >= 11 is 0. The van der Waals surface area contributed by atoms with E-state index in [1.54, 1.807) is 21.8 Å². The summed E-state index contributed by atoms with van der Waals surface area (Å²) < 4.78 is 5.16. The van der Waals surface area contributed by atoms with Crippen molar-refractivity contribution in [2.24, 2.45) is 0 Å². The largest absolute Gasteiger partial charge is 0.497 e. The minimum Gasteiger partial charge on any atom is -0.497 e. The van der Waals surface area contributed by atoms with Crippen LogP contribution in [0.5, 0.6) is 5.75 Å². The van der Waals surface area contributed by atoms with Crippen LogP contribution in [0.4, 0.5) is 10.5 Å². The molecule has 0 unspecified atom stereocenters. The normalized spacial score (nSPS) is 24.4.